The minimum absolute atomic E-state index is 0.0912. The van der Waals surface area contributed by atoms with Gasteiger partial charge >= 0.3 is 0 Å². The Labute approximate surface area is 69.8 Å². The van der Waals surface area contributed by atoms with Gasteiger partial charge in [0.2, 0.25) is 0 Å². The lowest BCUT2D eigenvalue weighted by Gasteiger charge is -2.07. The molecule has 0 spiro atoms. The van der Waals surface area contributed by atoms with Crippen LogP contribution in [0, 0.1) is 5.82 Å². The van der Waals surface area contributed by atoms with Crippen LogP contribution >= 0.6 is 10.9 Å². The van der Waals surface area contributed by atoms with Gasteiger partial charge in [-0.3, -0.25) is 10.9 Å². The molecule has 0 fully saturated rings. The molecule has 0 aliphatic heterocycles. The Morgan fingerprint density at radius 1 is 1.18 bits per heavy atom. The quantitative estimate of drug-likeness (QED) is 0.651. The summed E-state index contributed by atoms with van der Waals surface area (Å²) < 4.78 is 12.4. The van der Waals surface area contributed by atoms with Crippen LogP contribution in [0.1, 0.15) is 5.56 Å². The van der Waals surface area contributed by atoms with Gasteiger partial charge in [-0.1, -0.05) is 12.1 Å². The van der Waals surface area contributed by atoms with E-state index in [1.54, 1.807) is 0 Å². The van der Waals surface area contributed by atoms with Crippen molar-refractivity contribution in [3.05, 3.63) is 35.6 Å². The average Bonchev–Trinajstić information content (AvgIpc) is 1.93. The molecule has 0 bridgehead atoms. The fraction of sp³-hybridized carbons (Fsp3) is 0.333. The van der Waals surface area contributed by atoms with Crippen molar-refractivity contribution in [1.29, 1.82) is 0 Å². The highest BCUT2D eigenvalue weighted by Crippen LogP contribution is 2.20. The van der Waals surface area contributed by atoms with Gasteiger partial charge in [-0.2, -0.15) is 0 Å². The molecule has 2 heteroatoms. The molecule has 0 aliphatic rings. The van der Waals surface area contributed by atoms with Crippen LogP contribution in [-0.4, -0.2) is 12.5 Å². The van der Waals surface area contributed by atoms with E-state index < -0.39 is 0 Å². The topological polar surface area (TPSA) is 0 Å². The third kappa shape index (κ3) is 2.93. The lowest BCUT2D eigenvalue weighted by molar-refractivity contribution is 0.627. The van der Waals surface area contributed by atoms with Crippen LogP contribution in [0.4, 0.5) is 4.39 Å². The Morgan fingerprint density at radius 3 is 2.18 bits per heavy atom. The van der Waals surface area contributed by atoms with Crippen LogP contribution in [0.2, 0.25) is 0 Å². The van der Waals surface area contributed by atoms with E-state index >= 15 is 0 Å². The minimum Gasteiger partial charge on any atom is -0.255 e. The highest BCUT2D eigenvalue weighted by molar-refractivity contribution is 8.15. The molecule has 1 rings (SSSR count). The van der Waals surface area contributed by atoms with Gasteiger partial charge in [0.15, 0.2) is 0 Å². The summed E-state index contributed by atoms with van der Waals surface area (Å²) in [6.07, 6.45) is 4.44. The maximum atomic E-state index is 12.4. The molecule has 0 saturated heterocycles. The SMILES string of the molecule is C[SH](C)Cc1ccc(F)cc1. The molecular weight excluding hydrogens is 159 g/mol. The third-order valence-electron chi connectivity index (χ3n) is 1.41. The average molecular weight is 172 g/mol. The second-order valence-electron chi connectivity index (χ2n) is 2.86. The summed E-state index contributed by atoms with van der Waals surface area (Å²) in [5, 5.41) is 0. The monoisotopic (exact) mass is 172 g/mol. The summed E-state index contributed by atoms with van der Waals surface area (Å²) >= 11 is 0. The van der Waals surface area contributed by atoms with Crippen LogP contribution in [0.25, 0.3) is 0 Å². The van der Waals surface area contributed by atoms with Gasteiger partial charge in [0.1, 0.15) is 5.82 Å². The molecule has 62 valence electrons. The summed E-state index contributed by atoms with van der Waals surface area (Å²) in [4.78, 5) is 0. The van der Waals surface area contributed by atoms with Crippen molar-refractivity contribution >= 4 is 10.9 Å². The van der Waals surface area contributed by atoms with E-state index in [0.29, 0.717) is 0 Å². The van der Waals surface area contributed by atoms with Crippen molar-refractivity contribution in [3.8, 4) is 0 Å². The standard InChI is InChI=1S/C9H13FS/c1-11(2)7-8-3-5-9(10)6-4-8/h3-6,11H,7H2,1-2H3. The van der Waals surface area contributed by atoms with Crippen LogP contribution in [0.5, 0.6) is 0 Å². The van der Waals surface area contributed by atoms with Crippen LogP contribution in [0.15, 0.2) is 24.3 Å². The first-order valence-corrected chi connectivity index (χ1v) is 6.00. The number of halogens is 1. The zero-order valence-electron chi connectivity index (χ0n) is 6.84. The molecule has 0 N–H and O–H groups in total. The molecule has 11 heavy (non-hydrogen) atoms. The van der Waals surface area contributed by atoms with E-state index in [-0.39, 0.29) is 16.7 Å². The number of rotatable bonds is 2. The predicted molar refractivity (Wildman–Crippen MR) is 50.9 cm³/mol. The first-order chi connectivity index (χ1) is 5.18. The van der Waals surface area contributed by atoms with Crippen LogP contribution in [0.3, 0.4) is 0 Å². The van der Waals surface area contributed by atoms with E-state index in [2.05, 4.69) is 12.5 Å². The summed E-state index contributed by atoms with van der Waals surface area (Å²) in [6.45, 7) is 0. The lowest BCUT2D eigenvalue weighted by atomic mass is 10.2. The first kappa shape index (κ1) is 8.60. The first-order valence-electron chi connectivity index (χ1n) is 3.57. The summed E-state index contributed by atoms with van der Waals surface area (Å²) in [6, 6.07) is 6.76. The highest BCUT2D eigenvalue weighted by Gasteiger charge is 1.94. The minimum atomic E-state index is -0.148. The Morgan fingerprint density at radius 2 is 1.73 bits per heavy atom. The van der Waals surface area contributed by atoms with Gasteiger partial charge < -0.3 is 0 Å². The fourth-order valence-electron chi connectivity index (χ4n) is 0.955. The van der Waals surface area contributed by atoms with Crippen LogP contribution in [-0.2, 0) is 5.75 Å². The van der Waals surface area contributed by atoms with Crippen molar-refractivity contribution in [3.63, 3.8) is 0 Å². The molecule has 0 unspecified atom stereocenters. The normalized spacial score (nSPS) is 11.4. The fourth-order valence-corrected chi connectivity index (χ4v) is 1.90. The summed E-state index contributed by atoms with van der Waals surface area (Å²) in [7, 11) is 0.0912. The summed E-state index contributed by atoms with van der Waals surface area (Å²) in [5.41, 5.74) is 1.24. The Kier molecular flexibility index (Phi) is 2.94. The van der Waals surface area contributed by atoms with Crippen molar-refractivity contribution in [2.75, 3.05) is 12.5 Å². The van der Waals surface area contributed by atoms with E-state index in [0.717, 1.165) is 5.75 Å². The van der Waals surface area contributed by atoms with Crippen molar-refractivity contribution < 1.29 is 4.39 Å². The molecule has 0 radical (unpaired) electrons. The lowest BCUT2D eigenvalue weighted by Crippen LogP contribution is -1.84. The van der Waals surface area contributed by atoms with E-state index in [4.69, 9.17) is 0 Å². The van der Waals surface area contributed by atoms with Gasteiger partial charge in [0.05, 0.1) is 0 Å². The van der Waals surface area contributed by atoms with E-state index in [1.165, 1.54) is 17.7 Å². The molecule has 0 atom stereocenters. The second-order valence-corrected chi connectivity index (χ2v) is 5.34. The molecule has 0 aliphatic carbocycles. The van der Waals surface area contributed by atoms with Gasteiger partial charge in [-0.05, 0) is 36.0 Å². The molecule has 0 heterocycles. The Balaban J connectivity index is 2.66. The largest absolute Gasteiger partial charge is 0.255 e. The van der Waals surface area contributed by atoms with Crippen molar-refractivity contribution in [2.24, 2.45) is 0 Å². The maximum absolute atomic E-state index is 12.4. The number of hydrogen-bond acceptors (Lipinski definition) is 0. The zero-order valence-corrected chi connectivity index (χ0v) is 7.74. The van der Waals surface area contributed by atoms with E-state index in [1.807, 2.05) is 12.1 Å². The number of benzene rings is 1. The smallest absolute Gasteiger partial charge is 0.123 e. The van der Waals surface area contributed by atoms with Gasteiger partial charge in [0.25, 0.3) is 0 Å². The predicted octanol–water partition coefficient (Wildman–Crippen LogP) is 2.59. The van der Waals surface area contributed by atoms with Gasteiger partial charge in [-0.25, -0.2) is 4.39 Å². The number of hydrogen-bond donors (Lipinski definition) is 1. The van der Waals surface area contributed by atoms with Crippen molar-refractivity contribution in [1.82, 2.24) is 0 Å². The third-order valence-corrected chi connectivity index (χ3v) is 2.41. The Hall–Kier alpha value is -0.500. The molecule has 1 aromatic rings. The summed E-state index contributed by atoms with van der Waals surface area (Å²) in [5.74, 6) is 0.945. The van der Waals surface area contributed by atoms with Crippen LogP contribution < -0.4 is 0 Å². The maximum Gasteiger partial charge on any atom is 0.123 e. The molecule has 0 saturated carbocycles. The Bertz CT molecular complexity index is 216. The zero-order chi connectivity index (χ0) is 8.27. The number of thiol groups is 1. The molecule has 1 aromatic carbocycles. The molecule has 0 amide bonds. The van der Waals surface area contributed by atoms with Crippen molar-refractivity contribution in [2.45, 2.75) is 5.75 Å². The molecule has 0 aromatic heterocycles. The molecular formula is C9H13FS. The van der Waals surface area contributed by atoms with Gasteiger partial charge in [0, 0.05) is 0 Å². The highest BCUT2D eigenvalue weighted by atomic mass is 32.2. The second kappa shape index (κ2) is 3.77. The van der Waals surface area contributed by atoms with E-state index in [9.17, 15) is 4.39 Å². The molecule has 0 nitrogen and oxygen atoms in total. The van der Waals surface area contributed by atoms with Gasteiger partial charge in [-0.15, -0.1) is 0 Å².